The van der Waals surface area contributed by atoms with Crippen LogP contribution in [0, 0.1) is 5.41 Å². The molecule has 1 heterocycles. The molecule has 0 bridgehead atoms. The second-order valence-electron chi connectivity index (χ2n) is 6.79. The van der Waals surface area contributed by atoms with Crippen LogP contribution in [-0.2, 0) is 4.74 Å². The number of ether oxygens (including phenoxy) is 1. The average Bonchev–Trinajstić information content (AvgIpc) is 2.16. The van der Waals surface area contributed by atoms with Gasteiger partial charge in [-0.15, -0.1) is 0 Å². The van der Waals surface area contributed by atoms with Crippen LogP contribution in [-0.4, -0.2) is 43.3 Å². The average molecular weight is 242 g/mol. The molecule has 1 aliphatic heterocycles. The fraction of sp³-hybridized carbons (Fsp3) is 1.00. The molecule has 0 amide bonds. The number of nitrogens with zero attached hydrogens (tertiary/aromatic N) is 1. The van der Waals surface area contributed by atoms with Crippen LogP contribution >= 0.6 is 0 Å². The fourth-order valence-corrected chi connectivity index (χ4v) is 2.24. The smallest absolute Gasteiger partial charge is 0.0701 e. The molecule has 0 aromatic rings. The molecule has 17 heavy (non-hydrogen) atoms. The van der Waals surface area contributed by atoms with E-state index in [9.17, 15) is 0 Å². The van der Waals surface area contributed by atoms with Crippen LogP contribution in [0.1, 0.15) is 47.0 Å². The maximum Gasteiger partial charge on any atom is 0.0701 e. The highest BCUT2D eigenvalue weighted by atomic mass is 16.5. The van der Waals surface area contributed by atoms with Crippen LogP contribution in [0.5, 0.6) is 0 Å². The Bertz CT molecular complexity index is 227. The van der Waals surface area contributed by atoms with E-state index in [2.05, 4.69) is 39.6 Å². The van der Waals surface area contributed by atoms with Crippen molar-refractivity contribution in [2.24, 2.45) is 11.1 Å². The minimum atomic E-state index is -0.158. The van der Waals surface area contributed by atoms with Crippen molar-refractivity contribution in [2.75, 3.05) is 26.7 Å². The lowest BCUT2D eigenvalue weighted by Crippen LogP contribution is -2.53. The van der Waals surface area contributed by atoms with Crippen LogP contribution in [0.15, 0.2) is 0 Å². The largest absolute Gasteiger partial charge is 0.377 e. The molecule has 1 aliphatic rings. The topological polar surface area (TPSA) is 38.5 Å². The molecule has 1 unspecified atom stereocenters. The number of hydrogen-bond donors (Lipinski definition) is 1. The summed E-state index contributed by atoms with van der Waals surface area (Å²) in [6.07, 6.45) is 4.16. The summed E-state index contributed by atoms with van der Waals surface area (Å²) in [5.74, 6) is 0. The highest BCUT2D eigenvalue weighted by Gasteiger charge is 2.34. The zero-order chi connectivity index (χ0) is 13.1. The van der Waals surface area contributed by atoms with Gasteiger partial charge in [-0.05, 0) is 45.6 Å². The van der Waals surface area contributed by atoms with Gasteiger partial charge in [-0.2, -0.15) is 0 Å². The van der Waals surface area contributed by atoms with Crippen molar-refractivity contribution < 1.29 is 4.74 Å². The molecule has 0 aromatic carbocycles. The van der Waals surface area contributed by atoms with E-state index >= 15 is 0 Å². The lowest BCUT2D eigenvalue weighted by molar-refractivity contribution is -0.00976. The molecule has 3 heteroatoms. The molecule has 1 saturated heterocycles. The first-order chi connectivity index (χ1) is 7.72. The Balaban J connectivity index is 2.40. The number of hydrogen-bond acceptors (Lipinski definition) is 3. The minimum absolute atomic E-state index is 0.108. The van der Waals surface area contributed by atoms with Crippen molar-refractivity contribution in [3.63, 3.8) is 0 Å². The van der Waals surface area contributed by atoms with Gasteiger partial charge in [-0.1, -0.05) is 13.8 Å². The van der Waals surface area contributed by atoms with Gasteiger partial charge in [0.1, 0.15) is 0 Å². The van der Waals surface area contributed by atoms with E-state index in [-0.39, 0.29) is 11.0 Å². The number of rotatable bonds is 5. The van der Waals surface area contributed by atoms with E-state index in [4.69, 9.17) is 10.5 Å². The second kappa shape index (κ2) is 5.68. The maximum absolute atomic E-state index is 6.24. The van der Waals surface area contributed by atoms with E-state index in [1.54, 1.807) is 0 Å². The third-order valence-electron chi connectivity index (χ3n) is 4.20. The van der Waals surface area contributed by atoms with Gasteiger partial charge in [0.2, 0.25) is 0 Å². The predicted molar refractivity (Wildman–Crippen MR) is 73.1 cm³/mol. The molecule has 0 aromatic heterocycles. The summed E-state index contributed by atoms with van der Waals surface area (Å²) in [4.78, 5) is 2.37. The van der Waals surface area contributed by atoms with E-state index in [1.165, 1.54) is 19.3 Å². The highest BCUT2D eigenvalue weighted by molar-refractivity contribution is 4.92. The van der Waals surface area contributed by atoms with Crippen molar-refractivity contribution in [3.8, 4) is 0 Å². The first kappa shape index (κ1) is 14.9. The summed E-state index contributed by atoms with van der Waals surface area (Å²) in [6, 6.07) is 0. The zero-order valence-corrected chi connectivity index (χ0v) is 12.3. The zero-order valence-electron chi connectivity index (χ0n) is 12.3. The quantitative estimate of drug-likeness (QED) is 0.803. The molecule has 3 nitrogen and oxygen atoms in total. The first-order valence-electron chi connectivity index (χ1n) is 6.81. The molecule has 1 atom stereocenters. The molecule has 1 rings (SSSR count). The van der Waals surface area contributed by atoms with E-state index in [0.29, 0.717) is 6.10 Å². The molecule has 102 valence electrons. The number of likely N-dealkylation sites (N-methyl/N-ethyl adjacent to an activating group) is 1. The normalized spacial score (nSPS) is 23.1. The third-order valence-corrected chi connectivity index (χ3v) is 4.20. The molecule has 0 spiro atoms. The van der Waals surface area contributed by atoms with Gasteiger partial charge >= 0.3 is 0 Å². The second-order valence-corrected chi connectivity index (χ2v) is 6.79. The Morgan fingerprint density at radius 1 is 1.24 bits per heavy atom. The Labute approximate surface area is 107 Å². The molecule has 0 radical (unpaired) electrons. The summed E-state index contributed by atoms with van der Waals surface area (Å²) in [5, 5.41) is 0. The summed E-state index contributed by atoms with van der Waals surface area (Å²) in [6.45, 7) is 11.7. The van der Waals surface area contributed by atoms with Crippen LogP contribution < -0.4 is 5.73 Å². The van der Waals surface area contributed by atoms with Crippen LogP contribution in [0.3, 0.4) is 0 Å². The Morgan fingerprint density at radius 2 is 1.88 bits per heavy atom. The first-order valence-corrected chi connectivity index (χ1v) is 6.81. The summed E-state index contributed by atoms with van der Waals surface area (Å²) < 4.78 is 5.78. The minimum Gasteiger partial charge on any atom is -0.377 e. The monoisotopic (exact) mass is 242 g/mol. The molecular weight excluding hydrogens is 212 g/mol. The molecule has 2 N–H and O–H groups in total. The van der Waals surface area contributed by atoms with Gasteiger partial charge in [0, 0.05) is 25.2 Å². The van der Waals surface area contributed by atoms with Gasteiger partial charge < -0.3 is 15.4 Å². The van der Waals surface area contributed by atoms with Gasteiger partial charge in [-0.25, -0.2) is 0 Å². The van der Waals surface area contributed by atoms with E-state index in [1.807, 2.05) is 0 Å². The fourth-order valence-electron chi connectivity index (χ4n) is 2.24. The van der Waals surface area contributed by atoms with Crippen molar-refractivity contribution in [3.05, 3.63) is 0 Å². The van der Waals surface area contributed by atoms with Crippen LogP contribution in [0.25, 0.3) is 0 Å². The Morgan fingerprint density at radius 3 is 2.35 bits per heavy atom. The van der Waals surface area contributed by atoms with Crippen molar-refractivity contribution >= 4 is 0 Å². The standard InChI is InChI=1S/C14H30N2O/c1-13(2,14(3,4)15)11-16(5)10-12-8-6-7-9-17-12/h12H,6-11,15H2,1-5H3. The Kier molecular flexibility index (Phi) is 4.99. The van der Waals surface area contributed by atoms with Gasteiger partial charge in [0.25, 0.3) is 0 Å². The molecule has 1 fully saturated rings. The summed E-state index contributed by atoms with van der Waals surface area (Å²) >= 11 is 0. The maximum atomic E-state index is 6.24. The van der Waals surface area contributed by atoms with E-state index < -0.39 is 0 Å². The van der Waals surface area contributed by atoms with Gasteiger partial charge in [0.05, 0.1) is 6.10 Å². The number of nitrogens with two attached hydrogens (primary N) is 1. The highest BCUT2D eigenvalue weighted by Crippen LogP contribution is 2.29. The van der Waals surface area contributed by atoms with Crippen LogP contribution in [0.4, 0.5) is 0 Å². The lowest BCUT2D eigenvalue weighted by Gasteiger charge is -2.42. The predicted octanol–water partition coefficient (Wildman–Crippen LogP) is 2.25. The molecular formula is C14H30N2O. The van der Waals surface area contributed by atoms with Crippen molar-refractivity contribution in [2.45, 2.75) is 58.6 Å². The third kappa shape index (κ3) is 4.57. The van der Waals surface area contributed by atoms with Crippen molar-refractivity contribution in [1.29, 1.82) is 0 Å². The molecule has 0 aliphatic carbocycles. The summed E-state index contributed by atoms with van der Waals surface area (Å²) in [5.41, 5.74) is 6.19. The van der Waals surface area contributed by atoms with Crippen LogP contribution in [0.2, 0.25) is 0 Å². The molecule has 0 saturated carbocycles. The van der Waals surface area contributed by atoms with Crippen molar-refractivity contribution in [1.82, 2.24) is 4.90 Å². The lowest BCUT2D eigenvalue weighted by atomic mass is 9.75. The van der Waals surface area contributed by atoms with Gasteiger partial charge in [-0.3, -0.25) is 0 Å². The van der Waals surface area contributed by atoms with E-state index in [0.717, 1.165) is 19.7 Å². The summed E-state index contributed by atoms with van der Waals surface area (Å²) in [7, 11) is 2.17. The Hall–Kier alpha value is -0.120. The SMILES string of the molecule is CN(CC1CCCCO1)CC(C)(C)C(C)(C)N. The van der Waals surface area contributed by atoms with Gasteiger partial charge in [0.15, 0.2) is 0 Å².